The van der Waals surface area contributed by atoms with Crippen LogP contribution in [0.1, 0.15) is 6.42 Å². The Morgan fingerprint density at radius 1 is 1.12 bits per heavy atom. The summed E-state index contributed by atoms with van der Waals surface area (Å²) in [6.45, 7) is -1.64. The molecule has 6 N–H and O–H groups in total. The molecule has 0 aromatic rings. The summed E-state index contributed by atoms with van der Waals surface area (Å²) >= 11 is 0. The lowest BCUT2D eigenvalue weighted by Gasteiger charge is -2.30. The van der Waals surface area contributed by atoms with Crippen LogP contribution < -0.4 is 17.2 Å². The average Bonchev–Trinajstić information content (AvgIpc) is 2.09. The predicted molar refractivity (Wildman–Crippen MR) is 53.5 cm³/mol. The van der Waals surface area contributed by atoms with Crippen LogP contribution in [0.2, 0.25) is 0 Å². The number of nitrogens with two attached hydrogens (primary N) is 3. The summed E-state index contributed by atoms with van der Waals surface area (Å²) < 4.78 is 38.0. The smallest absolute Gasteiger partial charge is 0.369 e. The maximum Gasteiger partial charge on any atom is 0.404 e. The molecule has 17 heavy (non-hydrogen) atoms. The van der Waals surface area contributed by atoms with Gasteiger partial charge in [-0.15, -0.1) is 0 Å². The second-order valence-electron chi connectivity index (χ2n) is 3.47. The first-order valence-corrected chi connectivity index (χ1v) is 4.76. The van der Waals surface area contributed by atoms with E-state index in [1.54, 1.807) is 0 Å². The topological polar surface area (TPSA) is 115 Å². The fraction of sp³-hybridized carbons (Fsp3) is 0.750. The van der Waals surface area contributed by atoms with Crippen molar-refractivity contribution >= 4 is 11.8 Å². The third-order valence-corrected chi connectivity index (χ3v) is 1.98. The molecule has 2 amide bonds. The molecule has 0 aliphatic rings. The number of alkyl halides is 3. The molecule has 0 aliphatic carbocycles. The Bertz CT molecular complexity index is 266. The summed E-state index contributed by atoms with van der Waals surface area (Å²) in [7, 11) is 0. The molecule has 0 rings (SSSR count). The van der Waals surface area contributed by atoms with Crippen molar-refractivity contribution in [2.75, 3.05) is 19.6 Å². The van der Waals surface area contributed by atoms with E-state index >= 15 is 0 Å². The first kappa shape index (κ1) is 15.7. The summed E-state index contributed by atoms with van der Waals surface area (Å²) in [6.07, 6.45) is -5.05. The molecule has 1 atom stereocenters. The summed E-state index contributed by atoms with van der Waals surface area (Å²) in [5, 5.41) is 0. The SMILES string of the molecule is NCCC(N(CC(N)=O)CC(N)=O)C(F)(F)F. The highest BCUT2D eigenvalue weighted by Crippen LogP contribution is 2.26. The van der Waals surface area contributed by atoms with Gasteiger partial charge in [-0.25, -0.2) is 0 Å². The highest BCUT2D eigenvalue weighted by molar-refractivity contribution is 5.79. The molecule has 0 bridgehead atoms. The zero-order valence-electron chi connectivity index (χ0n) is 9.04. The van der Waals surface area contributed by atoms with Crippen molar-refractivity contribution in [3.05, 3.63) is 0 Å². The number of nitrogens with zero attached hydrogens (tertiary/aromatic N) is 1. The van der Waals surface area contributed by atoms with Crippen molar-refractivity contribution in [1.29, 1.82) is 0 Å². The molecule has 0 saturated carbocycles. The fourth-order valence-electron chi connectivity index (χ4n) is 1.39. The number of hydrogen-bond donors (Lipinski definition) is 3. The second-order valence-corrected chi connectivity index (χ2v) is 3.47. The largest absolute Gasteiger partial charge is 0.404 e. The Labute approximate surface area is 95.9 Å². The lowest BCUT2D eigenvalue weighted by Crippen LogP contribution is -2.52. The van der Waals surface area contributed by atoms with Crippen LogP contribution in [0.5, 0.6) is 0 Å². The number of halogens is 3. The Kier molecular flexibility index (Phi) is 5.89. The monoisotopic (exact) mass is 256 g/mol. The third kappa shape index (κ3) is 6.07. The predicted octanol–water partition coefficient (Wildman–Crippen LogP) is -1.46. The van der Waals surface area contributed by atoms with E-state index in [-0.39, 0.29) is 6.54 Å². The molecule has 0 fully saturated rings. The molecule has 9 heteroatoms. The number of carbonyl (C=O) groups excluding carboxylic acids is 2. The van der Waals surface area contributed by atoms with Crippen LogP contribution in [0.15, 0.2) is 0 Å². The molecule has 6 nitrogen and oxygen atoms in total. The number of rotatable bonds is 7. The highest BCUT2D eigenvalue weighted by Gasteiger charge is 2.43. The van der Waals surface area contributed by atoms with Gasteiger partial charge in [0.25, 0.3) is 0 Å². The van der Waals surface area contributed by atoms with E-state index in [4.69, 9.17) is 17.2 Å². The molecule has 0 aromatic heterocycles. The lowest BCUT2D eigenvalue weighted by atomic mass is 10.1. The van der Waals surface area contributed by atoms with Gasteiger partial charge in [-0.05, 0) is 13.0 Å². The van der Waals surface area contributed by atoms with E-state index in [1.807, 2.05) is 0 Å². The van der Waals surface area contributed by atoms with E-state index in [2.05, 4.69) is 0 Å². The summed E-state index contributed by atoms with van der Waals surface area (Å²) in [4.78, 5) is 21.9. The van der Waals surface area contributed by atoms with E-state index < -0.39 is 43.5 Å². The fourth-order valence-corrected chi connectivity index (χ4v) is 1.39. The second kappa shape index (κ2) is 6.40. The van der Waals surface area contributed by atoms with Gasteiger partial charge in [0.2, 0.25) is 11.8 Å². The van der Waals surface area contributed by atoms with Crippen molar-refractivity contribution < 1.29 is 22.8 Å². The maximum atomic E-state index is 12.7. The summed E-state index contributed by atoms with van der Waals surface area (Å²) in [6, 6.07) is -2.01. The number of amides is 2. The van der Waals surface area contributed by atoms with Gasteiger partial charge in [-0.2, -0.15) is 13.2 Å². The lowest BCUT2D eigenvalue weighted by molar-refractivity contribution is -0.185. The van der Waals surface area contributed by atoms with Crippen molar-refractivity contribution in [2.24, 2.45) is 17.2 Å². The molecule has 0 spiro atoms. The zero-order valence-corrected chi connectivity index (χ0v) is 9.04. The highest BCUT2D eigenvalue weighted by atomic mass is 19.4. The Hall–Kier alpha value is -1.35. The van der Waals surface area contributed by atoms with Gasteiger partial charge in [-0.3, -0.25) is 14.5 Å². The Morgan fingerprint density at radius 3 is 1.76 bits per heavy atom. The molecule has 0 radical (unpaired) electrons. The molecule has 0 saturated heterocycles. The normalized spacial score (nSPS) is 13.7. The molecule has 100 valence electrons. The van der Waals surface area contributed by atoms with Gasteiger partial charge in [0.15, 0.2) is 0 Å². The zero-order chi connectivity index (χ0) is 13.6. The van der Waals surface area contributed by atoms with Crippen molar-refractivity contribution in [2.45, 2.75) is 18.6 Å². The minimum Gasteiger partial charge on any atom is -0.369 e. The average molecular weight is 256 g/mol. The van der Waals surface area contributed by atoms with Gasteiger partial charge in [-0.1, -0.05) is 0 Å². The number of carbonyl (C=O) groups is 2. The standard InChI is InChI=1S/C8H15F3N4O2/c9-8(10,11)5(1-2-12)15(3-6(13)16)4-7(14)17/h5H,1-4,12H2,(H2,13,16)(H2,14,17). The van der Waals surface area contributed by atoms with Crippen LogP contribution in [0.25, 0.3) is 0 Å². The van der Waals surface area contributed by atoms with Crippen LogP contribution in [0.4, 0.5) is 13.2 Å². The van der Waals surface area contributed by atoms with E-state index in [9.17, 15) is 22.8 Å². The minimum absolute atomic E-state index is 0.238. The number of primary amides is 2. The number of hydrogen-bond acceptors (Lipinski definition) is 4. The van der Waals surface area contributed by atoms with Gasteiger partial charge >= 0.3 is 6.18 Å². The summed E-state index contributed by atoms with van der Waals surface area (Å²) in [5.41, 5.74) is 14.7. The van der Waals surface area contributed by atoms with E-state index in [0.717, 1.165) is 0 Å². The maximum absolute atomic E-state index is 12.7. The molecule has 0 aliphatic heterocycles. The minimum atomic E-state index is -4.61. The molecular weight excluding hydrogens is 241 g/mol. The van der Waals surface area contributed by atoms with Gasteiger partial charge in [0, 0.05) is 0 Å². The van der Waals surface area contributed by atoms with Crippen LogP contribution in [0, 0.1) is 0 Å². The van der Waals surface area contributed by atoms with E-state index in [0.29, 0.717) is 4.90 Å². The summed E-state index contributed by atoms with van der Waals surface area (Å²) in [5.74, 6) is -1.95. The van der Waals surface area contributed by atoms with Gasteiger partial charge < -0.3 is 17.2 Å². The van der Waals surface area contributed by atoms with Crippen LogP contribution in [-0.4, -0.2) is 48.6 Å². The quantitative estimate of drug-likeness (QED) is 0.516. The van der Waals surface area contributed by atoms with Gasteiger partial charge in [0.1, 0.15) is 6.04 Å². The molecule has 1 unspecified atom stereocenters. The van der Waals surface area contributed by atoms with Gasteiger partial charge in [0.05, 0.1) is 13.1 Å². The Morgan fingerprint density at radius 2 is 1.53 bits per heavy atom. The first-order valence-electron chi connectivity index (χ1n) is 4.76. The van der Waals surface area contributed by atoms with Crippen molar-refractivity contribution in [3.8, 4) is 0 Å². The van der Waals surface area contributed by atoms with Crippen LogP contribution >= 0.6 is 0 Å². The van der Waals surface area contributed by atoms with Crippen molar-refractivity contribution in [3.63, 3.8) is 0 Å². The Balaban J connectivity index is 4.91. The first-order chi connectivity index (χ1) is 7.68. The molecule has 0 heterocycles. The van der Waals surface area contributed by atoms with Crippen LogP contribution in [0.3, 0.4) is 0 Å². The van der Waals surface area contributed by atoms with Crippen LogP contribution in [-0.2, 0) is 9.59 Å². The molecular formula is C8H15F3N4O2. The molecule has 0 aromatic carbocycles. The van der Waals surface area contributed by atoms with Crippen molar-refractivity contribution in [1.82, 2.24) is 4.90 Å². The van der Waals surface area contributed by atoms with E-state index in [1.165, 1.54) is 0 Å². The third-order valence-electron chi connectivity index (χ3n) is 1.98.